The molecule has 15 nitrogen and oxygen atoms in total. The molecule has 15 heteroatoms. The van der Waals surface area contributed by atoms with Gasteiger partial charge in [0.25, 0.3) is 0 Å². The minimum absolute atomic E-state index is 0.120. The molecule has 0 aliphatic carbocycles. The molecule has 0 bridgehead atoms. The fraction of sp³-hybridized carbons (Fsp3) is 0.947. The number of esters is 1. The summed E-state index contributed by atoms with van der Waals surface area (Å²) in [6, 6.07) is -0.896. The number of hydrogen-bond donors (Lipinski definition) is 4. The van der Waals surface area contributed by atoms with Crippen molar-refractivity contribution in [2.75, 3.05) is 21.2 Å². The molecular weight excluding hydrogens is 692 g/mol. The Morgan fingerprint density at radius 3 is 2.17 bits per heavy atom. The molecule has 0 amide bonds. The monoisotopic (exact) mass is 760 g/mol. The first-order valence-corrected chi connectivity index (χ1v) is 19.3. The highest BCUT2D eigenvalue weighted by Gasteiger charge is 2.59. The van der Waals surface area contributed by atoms with E-state index in [0.717, 1.165) is 0 Å². The van der Waals surface area contributed by atoms with Crippen LogP contribution in [-0.4, -0.2) is 144 Å². The second kappa shape index (κ2) is 16.8. The summed E-state index contributed by atoms with van der Waals surface area (Å²) in [4.78, 5) is 29.0. The Balaban J connectivity index is 1.84. The van der Waals surface area contributed by atoms with E-state index in [1.165, 1.54) is 7.11 Å². The predicted octanol–water partition coefficient (Wildman–Crippen LogP) is 2.73. The largest absolute Gasteiger partial charge is 0.509 e. The van der Waals surface area contributed by atoms with Crippen LogP contribution in [0.5, 0.6) is 0 Å². The van der Waals surface area contributed by atoms with Gasteiger partial charge < -0.3 is 63.8 Å². The molecule has 1 unspecified atom stereocenters. The molecule has 0 aromatic heterocycles. The summed E-state index contributed by atoms with van der Waals surface area (Å²) in [5.41, 5.74) is 2.89. The third kappa shape index (κ3) is 9.00. The van der Waals surface area contributed by atoms with E-state index in [2.05, 4.69) is 0 Å². The first-order valence-electron chi connectivity index (χ1n) is 19.3. The Morgan fingerprint density at radius 1 is 0.943 bits per heavy atom. The van der Waals surface area contributed by atoms with Crippen molar-refractivity contribution < 1.29 is 62.8 Å². The van der Waals surface area contributed by atoms with E-state index >= 15 is 0 Å². The second-order valence-corrected chi connectivity index (χ2v) is 17.2. The molecule has 0 saturated carbocycles. The molecule has 5 N–H and O–H groups in total. The number of rotatable bonds is 7. The lowest BCUT2D eigenvalue weighted by molar-refractivity contribution is -0.318. The van der Waals surface area contributed by atoms with Crippen LogP contribution in [0.15, 0.2) is 0 Å². The van der Waals surface area contributed by atoms with Gasteiger partial charge in [-0.25, -0.2) is 4.79 Å². The quantitative estimate of drug-likeness (QED) is 0.276. The molecule has 4 aliphatic rings. The van der Waals surface area contributed by atoms with Crippen LogP contribution in [0.3, 0.4) is 0 Å². The highest BCUT2D eigenvalue weighted by Crippen LogP contribution is 2.43. The van der Waals surface area contributed by atoms with Crippen LogP contribution in [0.4, 0.5) is 4.79 Å². The van der Waals surface area contributed by atoms with Crippen molar-refractivity contribution >= 4 is 12.1 Å². The third-order valence-corrected chi connectivity index (χ3v) is 12.7. The molecule has 0 spiro atoms. The number of cyclic esters (lactones) is 1. The zero-order valence-electron chi connectivity index (χ0n) is 34.0. The Kier molecular flexibility index (Phi) is 14.0. The number of aliphatic hydroxyl groups is 3. The van der Waals surface area contributed by atoms with Crippen molar-refractivity contribution in [1.29, 1.82) is 0 Å². The maximum absolute atomic E-state index is 14.3. The van der Waals surface area contributed by atoms with Crippen molar-refractivity contribution in [2.45, 2.75) is 185 Å². The molecular formula is C38H68N2O13. The minimum Gasteiger partial charge on any atom is -0.458 e. The van der Waals surface area contributed by atoms with Crippen LogP contribution in [0.2, 0.25) is 0 Å². The van der Waals surface area contributed by atoms with E-state index in [0.29, 0.717) is 12.8 Å². The number of ether oxygens (including phenoxy) is 8. The smallest absolute Gasteiger partial charge is 0.458 e. The Morgan fingerprint density at radius 2 is 1.58 bits per heavy atom. The van der Waals surface area contributed by atoms with Crippen LogP contribution >= 0.6 is 0 Å². The van der Waals surface area contributed by atoms with Crippen molar-refractivity contribution in [3.8, 4) is 0 Å². The summed E-state index contributed by atoms with van der Waals surface area (Å²) in [6.07, 6.45) is -8.68. The number of hydrogen-bond acceptors (Lipinski definition) is 15. The van der Waals surface area contributed by atoms with Crippen molar-refractivity contribution in [1.82, 2.24) is 4.90 Å². The van der Waals surface area contributed by atoms with Crippen LogP contribution in [-0.2, 0) is 42.7 Å². The van der Waals surface area contributed by atoms with Gasteiger partial charge >= 0.3 is 12.1 Å². The van der Waals surface area contributed by atoms with E-state index in [-0.39, 0.29) is 30.9 Å². The van der Waals surface area contributed by atoms with Gasteiger partial charge in [0.1, 0.15) is 18.3 Å². The highest BCUT2D eigenvalue weighted by molar-refractivity contribution is 5.73. The number of aliphatic hydroxyl groups excluding tert-OH is 2. The lowest BCUT2D eigenvalue weighted by Crippen LogP contribution is -2.61. The van der Waals surface area contributed by atoms with Crippen molar-refractivity contribution in [2.24, 2.45) is 29.4 Å². The van der Waals surface area contributed by atoms with Crippen molar-refractivity contribution in [3.05, 3.63) is 0 Å². The van der Waals surface area contributed by atoms with Gasteiger partial charge in [-0.15, -0.1) is 0 Å². The third-order valence-electron chi connectivity index (χ3n) is 12.7. The number of likely N-dealkylation sites (N-methyl/N-ethyl adjacent to an activating group) is 1. The lowest BCUT2D eigenvalue weighted by Gasteiger charge is -2.49. The standard InChI is InChI=1S/C38H68N2O13/c1-14-25-38(10)32(52-35(44)53-38)20(4)27(39)18(2)16-36(8,45)31(51-34-28(41)24(40(11)12)15-19(3)47-34)21(5)29(22(6)33(43)49-25)50-26-17-37(9,46-13)30(42)23(7)48-26/h18-32,34,41-42,45H,14-17,39H2,1-13H3/t18-,19-,20+,21+,22-,23+,24+,25-,26+,27+,28-,29+,30+,31-,32?,34+,36+,37-,38-/m1/s1. The molecule has 4 saturated heterocycles. The van der Waals surface area contributed by atoms with Gasteiger partial charge in [-0.3, -0.25) is 4.79 Å². The van der Waals surface area contributed by atoms with Gasteiger partial charge in [0.15, 0.2) is 24.3 Å². The maximum atomic E-state index is 14.3. The fourth-order valence-corrected chi connectivity index (χ4v) is 9.25. The topological polar surface area (TPSA) is 198 Å². The van der Waals surface area contributed by atoms with Gasteiger partial charge in [-0.2, -0.15) is 0 Å². The summed E-state index contributed by atoms with van der Waals surface area (Å²) in [5.74, 6) is -3.24. The van der Waals surface area contributed by atoms with E-state index in [9.17, 15) is 24.9 Å². The number of carbonyl (C=O) groups excluding carboxylic acids is 2. The highest BCUT2D eigenvalue weighted by atomic mass is 16.8. The number of nitrogens with two attached hydrogens (primary N) is 1. The summed E-state index contributed by atoms with van der Waals surface area (Å²) >= 11 is 0. The zero-order valence-corrected chi connectivity index (χ0v) is 34.0. The normalized spacial score (nSPS) is 50.5. The minimum atomic E-state index is -1.64. The molecule has 0 aromatic rings. The van der Waals surface area contributed by atoms with E-state index in [1.807, 2.05) is 53.6 Å². The van der Waals surface area contributed by atoms with Crippen molar-refractivity contribution in [3.63, 3.8) is 0 Å². The van der Waals surface area contributed by atoms with Crippen LogP contribution in [0.1, 0.15) is 94.9 Å². The maximum Gasteiger partial charge on any atom is 0.509 e. The van der Waals surface area contributed by atoms with Gasteiger partial charge in [-0.1, -0.05) is 27.7 Å². The molecule has 4 rings (SSSR count). The molecule has 4 aliphatic heterocycles. The molecule has 4 fully saturated rings. The van der Waals surface area contributed by atoms with E-state index in [1.54, 1.807) is 34.6 Å². The molecule has 0 aromatic carbocycles. The number of fused-ring (bicyclic) bond motifs is 1. The first kappa shape index (κ1) is 44.1. The number of nitrogens with zero attached hydrogens (tertiary/aromatic N) is 1. The lowest BCUT2D eigenvalue weighted by atomic mass is 9.72. The number of carbonyl (C=O) groups is 2. The summed E-state index contributed by atoms with van der Waals surface area (Å²) in [5, 5.41) is 35.1. The van der Waals surface area contributed by atoms with Crippen LogP contribution < -0.4 is 5.73 Å². The van der Waals surface area contributed by atoms with Crippen LogP contribution in [0, 0.1) is 23.7 Å². The average Bonchev–Trinajstić information content (AvgIpc) is 3.40. The molecule has 0 radical (unpaired) electrons. The molecule has 308 valence electrons. The van der Waals surface area contributed by atoms with Crippen LogP contribution in [0.25, 0.3) is 0 Å². The van der Waals surface area contributed by atoms with Gasteiger partial charge in [-0.05, 0) is 80.8 Å². The molecule has 4 heterocycles. The summed E-state index contributed by atoms with van der Waals surface area (Å²) in [7, 11) is 5.26. The summed E-state index contributed by atoms with van der Waals surface area (Å²) in [6.45, 7) is 17.8. The fourth-order valence-electron chi connectivity index (χ4n) is 9.25. The first-order chi connectivity index (χ1) is 24.5. The predicted molar refractivity (Wildman–Crippen MR) is 192 cm³/mol. The van der Waals surface area contributed by atoms with E-state index in [4.69, 9.17) is 43.6 Å². The Bertz CT molecular complexity index is 1260. The Labute approximate surface area is 315 Å². The summed E-state index contributed by atoms with van der Waals surface area (Å²) < 4.78 is 49.3. The Hall–Kier alpha value is -1.66. The van der Waals surface area contributed by atoms with Gasteiger partial charge in [0, 0.05) is 37.5 Å². The SMILES string of the molecule is CC[C@H]1OC(=O)[C@H](C)[C@@H](O[C@H]2C[C@@](C)(OC)[C@@H](O)[C@H](C)O2)[C@H](C)[C@@H](O[C@@H]2O[C@H](C)C[C@H](N(C)C)[C@H]2O)[C@@](C)(O)C[C@@H](C)[C@H](N)[C@H](C)C2OC(=O)O[C@@]21C. The second-order valence-electron chi connectivity index (χ2n) is 17.2. The zero-order chi connectivity index (χ0) is 40.0. The van der Waals surface area contributed by atoms with E-state index < -0.39 is 108 Å². The van der Waals surface area contributed by atoms with Gasteiger partial charge in [0.05, 0.1) is 41.5 Å². The van der Waals surface area contributed by atoms with Gasteiger partial charge in [0.2, 0.25) is 0 Å². The average molecular weight is 761 g/mol. The molecule has 53 heavy (non-hydrogen) atoms. The molecule has 19 atom stereocenters. The number of methoxy groups -OCH3 is 1.